The first-order chi connectivity index (χ1) is 9.08. The number of carbonyl (C=O) groups is 1. The van der Waals surface area contributed by atoms with E-state index in [4.69, 9.17) is 5.11 Å². The number of halogens is 1. The van der Waals surface area contributed by atoms with Crippen LogP contribution in [0.15, 0.2) is 29.4 Å². The number of carboxylic acid groups (broad SMARTS) is 1. The Morgan fingerprint density at radius 1 is 1.53 bits per heavy atom. The first kappa shape index (κ1) is 12.9. The molecule has 0 atom stereocenters. The molecule has 0 aliphatic heterocycles. The van der Waals surface area contributed by atoms with Crippen LogP contribution in [-0.2, 0) is 6.54 Å². The van der Waals surface area contributed by atoms with E-state index in [-0.39, 0.29) is 23.6 Å². The lowest BCUT2D eigenvalue weighted by Crippen LogP contribution is -2.08. The Morgan fingerprint density at radius 2 is 2.26 bits per heavy atom. The Balaban J connectivity index is 2.70. The minimum atomic E-state index is -1.30. The van der Waals surface area contributed by atoms with Crippen LogP contribution in [0.5, 0.6) is 0 Å². The number of benzene rings is 1. The van der Waals surface area contributed by atoms with Crippen molar-refractivity contribution in [3.05, 3.63) is 40.7 Å². The van der Waals surface area contributed by atoms with Crippen molar-refractivity contribution < 1.29 is 14.3 Å². The molecule has 0 spiro atoms. The SMILES string of the molecule is CCn1nc(-c2cccc(F)c2)c(N=O)c1C(=O)O. The molecule has 0 saturated carbocycles. The van der Waals surface area contributed by atoms with Crippen LogP contribution in [0.4, 0.5) is 10.1 Å². The van der Waals surface area contributed by atoms with Crippen LogP contribution < -0.4 is 0 Å². The third-order valence-corrected chi connectivity index (χ3v) is 2.62. The van der Waals surface area contributed by atoms with Gasteiger partial charge in [0.1, 0.15) is 11.5 Å². The molecule has 0 aliphatic carbocycles. The summed E-state index contributed by atoms with van der Waals surface area (Å²) in [6.07, 6.45) is 0. The molecule has 0 unspecified atom stereocenters. The third kappa shape index (κ3) is 2.22. The molecule has 2 aromatic rings. The van der Waals surface area contributed by atoms with Gasteiger partial charge < -0.3 is 5.11 Å². The van der Waals surface area contributed by atoms with Gasteiger partial charge in [0.05, 0.1) is 0 Å². The summed E-state index contributed by atoms with van der Waals surface area (Å²) in [5.41, 5.74) is -0.213. The maximum atomic E-state index is 13.2. The van der Waals surface area contributed by atoms with Crippen LogP contribution >= 0.6 is 0 Å². The topological polar surface area (TPSA) is 84.5 Å². The van der Waals surface area contributed by atoms with Crippen LogP contribution in [-0.4, -0.2) is 20.9 Å². The molecule has 1 N–H and O–H groups in total. The van der Waals surface area contributed by atoms with Crippen LogP contribution in [0.1, 0.15) is 17.4 Å². The Morgan fingerprint density at radius 3 is 2.79 bits per heavy atom. The van der Waals surface area contributed by atoms with Crippen molar-refractivity contribution in [2.75, 3.05) is 0 Å². The van der Waals surface area contributed by atoms with Crippen molar-refractivity contribution in [2.24, 2.45) is 5.18 Å². The molecule has 0 radical (unpaired) electrons. The zero-order chi connectivity index (χ0) is 14.0. The second kappa shape index (κ2) is 4.97. The number of hydrogen-bond donors (Lipinski definition) is 1. The second-order valence-corrected chi connectivity index (χ2v) is 3.77. The average molecular weight is 263 g/mol. The van der Waals surface area contributed by atoms with Crippen molar-refractivity contribution >= 4 is 11.7 Å². The Hall–Kier alpha value is -2.57. The number of aromatic carboxylic acids is 1. The van der Waals surface area contributed by atoms with Gasteiger partial charge in [0.25, 0.3) is 0 Å². The molecule has 0 aliphatic rings. The second-order valence-electron chi connectivity index (χ2n) is 3.77. The van der Waals surface area contributed by atoms with Gasteiger partial charge in [-0.2, -0.15) is 5.10 Å². The molecule has 0 amide bonds. The lowest BCUT2D eigenvalue weighted by molar-refractivity contribution is 0.0684. The summed E-state index contributed by atoms with van der Waals surface area (Å²) in [5.74, 6) is -1.80. The van der Waals surface area contributed by atoms with Crippen molar-refractivity contribution in [1.82, 2.24) is 9.78 Å². The van der Waals surface area contributed by atoms with Gasteiger partial charge >= 0.3 is 5.97 Å². The molecule has 1 aromatic heterocycles. The quantitative estimate of drug-likeness (QED) is 0.859. The highest BCUT2D eigenvalue weighted by Crippen LogP contribution is 2.33. The molecule has 7 heteroatoms. The van der Waals surface area contributed by atoms with Crippen molar-refractivity contribution in [2.45, 2.75) is 13.5 Å². The lowest BCUT2D eigenvalue weighted by Gasteiger charge is -1.97. The van der Waals surface area contributed by atoms with Gasteiger partial charge in [0.15, 0.2) is 11.4 Å². The van der Waals surface area contributed by atoms with E-state index in [0.717, 1.165) is 4.68 Å². The van der Waals surface area contributed by atoms with Gasteiger partial charge in [-0.05, 0) is 24.2 Å². The zero-order valence-corrected chi connectivity index (χ0v) is 10.00. The average Bonchev–Trinajstić information content (AvgIpc) is 2.77. The number of carboxylic acids is 1. The van der Waals surface area contributed by atoms with Crippen molar-refractivity contribution in [1.29, 1.82) is 0 Å². The minimum absolute atomic E-state index is 0.0637. The summed E-state index contributed by atoms with van der Waals surface area (Å²) in [7, 11) is 0. The minimum Gasteiger partial charge on any atom is -0.476 e. The summed E-state index contributed by atoms with van der Waals surface area (Å²) in [5, 5.41) is 15.8. The molecular formula is C12H10FN3O3. The number of nitrogens with zero attached hydrogens (tertiary/aromatic N) is 3. The first-order valence-corrected chi connectivity index (χ1v) is 5.51. The van der Waals surface area contributed by atoms with Crippen LogP contribution in [0.25, 0.3) is 11.3 Å². The highest BCUT2D eigenvalue weighted by Gasteiger charge is 2.24. The predicted molar refractivity (Wildman–Crippen MR) is 65.7 cm³/mol. The highest BCUT2D eigenvalue weighted by molar-refractivity contribution is 5.95. The highest BCUT2D eigenvalue weighted by atomic mass is 19.1. The molecular weight excluding hydrogens is 253 g/mol. The molecule has 0 fully saturated rings. The van der Waals surface area contributed by atoms with Gasteiger partial charge in [0.2, 0.25) is 0 Å². The van der Waals surface area contributed by atoms with Gasteiger partial charge in [-0.3, -0.25) is 4.68 Å². The van der Waals surface area contributed by atoms with E-state index >= 15 is 0 Å². The molecule has 0 bridgehead atoms. The van der Waals surface area contributed by atoms with Gasteiger partial charge in [-0.1, -0.05) is 12.1 Å². The lowest BCUT2D eigenvalue weighted by atomic mass is 10.1. The van der Waals surface area contributed by atoms with E-state index in [1.165, 1.54) is 24.3 Å². The molecule has 0 saturated heterocycles. The predicted octanol–water partition coefficient (Wildman–Crippen LogP) is 2.81. The Kier molecular flexibility index (Phi) is 3.37. The standard InChI is InChI=1S/C12H10FN3O3/c1-2-16-11(12(17)18)10(15-19)9(14-16)7-4-3-5-8(13)6-7/h3-6H,2H2,1H3,(H,17,18). The molecule has 1 heterocycles. The number of hydrogen-bond acceptors (Lipinski definition) is 4. The van der Waals surface area contributed by atoms with Gasteiger partial charge in [-0.15, -0.1) is 4.91 Å². The normalized spacial score (nSPS) is 10.4. The Labute approximate surface area is 107 Å². The molecule has 98 valence electrons. The van der Waals surface area contributed by atoms with Crippen LogP contribution in [0.3, 0.4) is 0 Å². The number of nitroso groups, excluding NO2 is 1. The van der Waals surface area contributed by atoms with Crippen molar-refractivity contribution in [3.8, 4) is 11.3 Å². The summed E-state index contributed by atoms with van der Waals surface area (Å²) < 4.78 is 14.3. The van der Waals surface area contributed by atoms with Crippen LogP contribution in [0, 0.1) is 10.7 Å². The smallest absolute Gasteiger partial charge is 0.356 e. The van der Waals surface area contributed by atoms with Gasteiger partial charge in [-0.25, -0.2) is 9.18 Å². The fraction of sp³-hybridized carbons (Fsp3) is 0.167. The summed E-state index contributed by atoms with van der Waals surface area (Å²) in [4.78, 5) is 22.0. The van der Waals surface area contributed by atoms with Gasteiger partial charge in [0, 0.05) is 12.1 Å². The monoisotopic (exact) mass is 263 g/mol. The summed E-state index contributed by atoms with van der Waals surface area (Å²) in [6, 6.07) is 5.39. The Bertz CT molecular complexity index is 652. The largest absolute Gasteiger partial charge is 0.476 e. The third-order valence-electron chi connectivity index (χ3n) is 2.62. The van der Waals surface area contributed by atoms with E-state index in [1.807, 2.05) is 0 Å². The summed E-state index contributed by atoms with van der Waals surface area (Å²) >= 11 is 0. The fourth-order valence-corrected chi connectivity index (χ4v) is 1.81. The molecule has 19 heavy (non-hydrogen) atoms. The maximum Gasteiger partial charge on any atom is 0.356 e. The number of aromatic nitrogens is 2. The van der Waals surface area contributed by atoms with Crippen LogP contribution in [0.2, 0.25) is 0 Å². The van der Waals surface area contributed by atoms with Crippen molar-refractivity contribution in [3.63, 3.8) is 0 Å². The summed E-state index contributed by atoms with van der Waals surface area (Å²) in [6.45, 7) is 1.95. The van der Waals surface area contributed by atoms with E-state index in [1.54, 1.807) is 6.92 Å². The molecule has 6 nitrogen and oxygen atoms in total. The number of rotatable bonds is 4. The van der Waals surface area contributed by atoms with E-state index in [0.29, 0.717) is 5.56 Å². The molecule has 1 aromatic carbocycles. The van der Waals surface area contributed by atoms with E-state index in [2.05, 4.69) is 10.3 Å². The molecule has 2 rings (SSSR count). The van der Waals surface area contributed by atoms with E-state index in [9.17, 15) is 14.1 Å². The number of aryl methyl sites for hydroxylation is 1. The fourth-order valence-electron chi connectivity index (χ4n) is 1.81. The first-order valence-electron chi connectivity index (χ1n) is 5.51. The van der Waals surface area contributed by atoms with E-state index < -0.39 is 11.8 Å². The maximum absolute atomic E-state index is 13.2. The zero-order valence-electron chi connectivity index (χ0n) is 10.00.